The van der Waals surface area contributed by atoms with Gasteiger partial charge in [0.15, 0.2) is 0 Å². The molecule has 0 radical (unpaired) electrons. The second kappa shape index (κ2) is 6.88. The zero-order chi connectivity index (χ0) is 18.9. The number of hydrogen-bond donors (Lipinski definition) is 2. The number of aromatic amines is 1. The molecule has 2 N–H and O–H groups in total. The monoisotopic (exact) mass is 355 g/mol. The summed E-state index contributed by atoms with van der Waals surface area (Å²) in [5, 5.41) is 17.8. The maximum Gasteiger partial charge on any atom is 0.414 e. The van der Waals surface area contributed by atoms with Gasteiger partial charge in [0.05, 0.1) is 31.7 Å². The van der Waals surface area contributed by atoms with Gasteiger partial charge >= 0.3 is 6.09 Å². The third kappa shape index (κ3) is 4.83. The maximum atomic E-state index is 12.7. The standard InChI is InChI=1S/C17H33N3O3Si/c1-12-13(10-18-19-12)20(15(22)23-16(2,3)4)11-14(21)24(8,9)17(5,6)7/h10,14,21H,11H2,1-9H3,(H,18,19). The van der Waals surface area contributed by atoms with E-state index in [9.17, 15) is 9.90 Å². The third-order valence-electron chi connectivity index (χ3n) is 4.83. The average molecular weight is 356 g/mol. The van der Waals surface area contributed by atoms with Crippen LogP contribution in [-0.2, 0) is 4.74 Å². The van der Waals surface area contributed by atoms with Crippen LogP contribution < -0.4 is 4.90 Å². The van der Waals surface area contributed by atoms with Gasteiger partial charge in [0.2, 0.25) is 0 Å². The number of carbonyl (C=O) groups excluding carboxylic acids is 1. The smallest absolute Gasteiger partial charge is 0.414 e. The molecule has 7 heteroatoms. The summed E-state index contributed by atoms with van der Waals surface area (Å²) in [5.41, 5.74) is 0.152. The van der Waals surface area contributed by atoms with Gasteiger partial charge in [-0.3, -0.25) is 10.00 Å². The lowest BCUT2D eigenvalue weighted by atomic mass is 10.2. The predicted octanol–water partition coefficient (Wildman–Crippen LogP) is 3.87. The zero-order valence-electron chi connectivity index (χ0n) is 16.5. The highest BCUT2D eigenvalue weighted by Crippen LogP contribution is 2.38. The van der Waals surface area contributed by atoms with Crippen LogP contribution >= 0.6 is 0 Å². The molecule has 24 heavy (non-hydrogen) atoms. The first-order chi connectivity index (χ1) is 10.7. The second-order valence-corrected chi connectivity index (χ2v) is 14.5. The number of hydrogen-bond acceptors (Lipinski definition) is 4. The molecule has 0 fully saturated rings. The molecule has 0 bridgehead atoms. The minimum atomic E-state index is -2.03. The van der Waals surface area contributed by atoms with E-state index < -0.39 is 25.5 Å². The summed E-state index contributed by atoms with van der Waals surface area (Å²) >= 11 is 0. The fourth-order valence-corrected chi connectivity index (χ4v) is 3.75. The van der Waals surface area contributed by atoms with E-state index in [0.29, 0.717) is 11.4 Å². The van der Waals surface area contributed by atoms with Crippen LogP contribution in [-0.4, -0.2) is 47.3 Å². The molecule has 0 aromatic carbocycles. The molecule has 1 aromatic rings. The molecular weight excluding hydrogens is 322 g/mol. The summed E-state index contributed by atoms with van der Waals surface area (Å²) in [5.74, 6) is 0. The van der Waals surface area contributed by atoms with Crippen LogP contribution in [0.25, 0.3) is 0 Å². The Hall–Kier alpha value is -1.34. The van der Waals surface area contributed by atoms with E-state index in [1.165, 1.54) is 4.90 Å². The van der Waals surface area contributed by atoms with Gasteiger partial charge in [0, 0.05) is 6.20 Å². The highest BCUT2D eigenvalue weighted by molar-refractivity contribution is 6.81. The van der Waals surface area contributed by atoms with Crippen molar-refractivity contribution in [2.75, 3.05) is 11.4 Å². The van der Waals surface area contributed by atoms with Crippen LogP contribution in [0.2, 0.25) is 18.1 Å². The van der Waals surface area contributed by atoms with Crippen molar-refractivity contribution in [2.45, 2.75) is 77.9 Å². The number of aliphatic hydroxyl groups is 1. The summed E-state index contributed by atoms with van der Waals surface area (Å²) in [4.78, 5) is 14.2. The Morgan fingerprint density at radius 1 is 1.33 bits per heavy atom. The number of amides is 1. The van der Waals surface area contributed by atoms with Gasteiger partial charge in [-0.2, -0.15) is 5.10 Å². The number of aliphatic hydroxyl groups excluding tert-OH is 1. The first kappa shape index (κ1) is 20.7. The van der Waals surface area contributed by atoms with Gasteiger partial charge in [-0.1, -0.05) is 33.9 Å². The summed E-state index contributed by atoms with van der Waals surface area (Å²) in [6.07, 6.45) is 1.20. The Kier molecular flexibility index (Phi) is 5.93. The van der Waals surface area contributed by atoms with E-state index in [1.807, 2.05) is 27.7 Å². The van der Waals surface area contributed by atoms with Gasteiger partial charge in [-0.05, 0) is 32.7 Å². The molecule has 1 rings (SSSR count). The molecule has 6 nitrogen and oxygen atoms in total. The van der Waals surface area contributed by atoms with Crippen molar-refractivity contribution in [3.8, 4) is 0 Å². The molecule has 1 atom stereocenters. The molecule has 1 heterocycles. The largest absolute Gasteiger partial charge is 0.443 e. The molecule has 1 amide bonds. The van der Waals surface area contributed by atoms with Crippen LogP contribution in [0, 0.1) is 6.92 Å². The summed E-state index contributed by atoms with van der Waals surface area (Å²) in [6, 6.07) is 0. The van der Waals surface area contributed by atoms with E-state index in [1.54, 1.807) is 6.20 Å². The number of aryl methyl sites for hydroxylation is 1. The third-order valence-corrected chi connectivity index (χ3v) is 10.5. The lowest BCUT2D eigenvalue weighted by molar-refractivity contribution is 0.0567. The van der Waals surface area contributed by atoms with Gasteiger partial charge in [0.1, 0.15) is 5.60 Å². The molecule has 1 unspecified atom stereocenters. The minimum absolute atomic E-state index is 0.0114. The number of carbonyl (C=O) groups is 1. The fraction of sp³-hybridized carbons (Fsp3) is 0.765. The first-order valence-electron chi connectivity index (χ1n) is 8.36. The highest BCUT2D eigenvalue weighted by Gasteiger charge is 2.43. The van der Waals surface area contributed by atoms with E-state index in [4.69, 9.17) is 4.74 Å². The minimum Gasteiger partial charge on any atom is -0.443 e. The van der Waals surface area contributed by atoms with E-state index in [0.717, 1.165) is 0 Å². The molecule has 0 aliphatic rings. The predicted molar refractivity (Wildman–Crippen MR) is 100 cm³/mol. The van der Waals surface area contributed by atoms with Crippen molar-refractivity contribution < 1.29 is 14.6 Å². The summed E-state index contributed by atoms with van der Waals surface area (Å²) < 4.78 is 5.53. The van der Waals surface area contributed by atoms with Crippen molar-refractivity contribution in [1.29, 1.82) is 0 Å². The van der Waals surface area contributed by atoms with E-state index >= 15 is 0 Å². The van der Waals surface area contributed by atoms with Gasteiger partial charge < -0.3 is 9.84 Å². The van der Waals surface area contributed by atoms with Crippen LogP contribution in [0.1, 0.15) is 47.2 Å². The van der Waals surface area contributed by atoms with Crippen molar-refractivity contribution >= 4 is 19.9 Å². The lowest BCUT2D eigenvalue weighted by Crippen LogP contribution is -2.55. The van der Waals surface area contributed by atoms with Crippen molar-refractivity contribution in [1.82, 2.24) is 10.2 Å². The molecule has 0 saturated carbocycles. The molecule has 1 aromatic heterocycles. The summed E-state index contributed by atoms with van der Waals surface area (Å²) in [7, 11) is -2.03. The molecule has 138 valence electrons. The van der Waals surface area contributed by atoms with Crippen LogP contribution in [0.4, 0.5) is 10.5 Å². The van der Waals surface area contributed by atoms with E-state index in [-0.39, 0.29) is 11.6 Å². The molecule has 0 aliphatic carbocycles. The second-order valence-electron chi connectivity index (χ2n) is 8.93. The average Bonchev–Trinajstić information content (AvgIpc) is 2.78. The Morgan fingerprint density at radius 3 is 2.25 bits per heavy atom. The van der Waals surface area contributed by atoms with Gasteiger partial charge in [-0.25, -0.2) is 4.79 Å². The SMILES string of the molecule is Cc1n[nH]cc1N(CC(O)[Si](C)(C)C(C)(C)C)C(=O)OC(C)(C)C. The number of rotatable bonds is 4. The Bertz CT molecular complexity index is 570. The highest BCUT2D eigenvalue weighted by atomic mass is 28.3. The molecule has 0 saturated heterocycles. The normalized spacial score (nSPS) is 14.4. The Morgan fingerprint density at radius 2 is 1.88 bits per heavy atom. The van der Waals surface area contributed by atoms with Crippen molar-refractivity contribution in [3.05, 3.63) is 11.9 Å². The maximum absolute atomic E-state index is 12.7. The topological polar surface area (TPSA) is 78.5 Å². The molecular formula is C17H33N3O3Si. The molecule has 0 aliphatic heterocycles. The van der Waals surface area contributed by atoms with Crippen LogP contribution in [0.3, 0.4) is 0 Å². The van der Waals surface area contributed by atoms with Gasteiger partial charge in [0.25, 0.3) is 0 Å². The zero-order valence-corrected chi connectivity index (χ0v) is 17.5. The number of aromatic nitrogens is 2. The number of ether oxygens (including phenoxy) is 1. The number of anilines is 1. The van der Waals surface area contributed by atoms with E-state index in [2.05, 4.69) is 44.1 Å². The first-order valence-corrected chi connectivity index (χ1v) is 11.4. The van der Waals surface area contributed by atoms with Crippen LogP contribution in [0.15, 0.2) is 6.20 Å². The van der Waals surface area contributed by atoms with Crippen molar-refractivity contribution in [3.63, 3.8) is 0 Å². The lowest BCUT2D eigenvalue weighted by Gasteiger charge is -2.42. The Labute approximate surface area is 146 Å². The summed E-state index contributed by atoms with van der Waals surface area (Å²) in [6.45, 7) is 18.2. The number of H-pyrrole nitrogens is 1. The number of nitrogens with zero attached hydrogens (tertiary/aromatic N) is 2. The quantitative estimate of drug-likeness (QED) is 0.804. The number of nitrogens with one attached hydrogen (secondary N) is 1. The van der Waals surface area contributed by atoms with Crippen LogP contribution in [0.5, 0.6) is 0 Å². The Balaban J connectivity index is 3.12. The van der Waals surface area contributed by atoms with Crippen molar-refractivity contribution in [2.24, 2.45) is 0 Å². The van der Waals surface area contributed by atoms with Gasteiger partial charge in [-0.15, -0.1) is 0 Å². The fourth-order valence-electron chi connectivity index (χ4n) is 2.11. The molecule has 0 spiro atoms.